The van der Waals surface area contributed by atoms with Gasteiger partial charge in [-0.2, -0.15) is 0 Å². The lowest BCUT2D eigenvalue weighted by Crippen LogP contribution is -2.28. The zero-order valence-corrected chi connectivity index (χ0v) is 14.2. The summed E-state index contributed by atoms with van der Waals surface area (Å²) in [6.07, 6.45) is 5.11. The van der Waals surface area contributed by atoms with Crippen molar-refractivity contribution in [3.8, 4) is 5.88 Å². The van der Waals surface area contributed by atoms with Crippen molar-refractivity contribution in [2.75, 3.05) is 0 Å². The molecule has 0 atom stereocenters. The van der Waals surface area contributed by atoms with Gasteiger partial charge in [-0.1, -0.05) is 33.8 Å². The van der Waals surface area contributed by atoms with E-state index < -0.39 is 0 Å². The third-order valence-corrected chi connectivity index (χ3v) is 4.44. The maximum atomic E-state index is 6.08. The van der Waals surface area contributed by atoms with Crippen LogP contribution in [0.1, 0.15) is 64.6 Å². The van der Waals surface area contributed by atoms with Crippen molar-refractivity contribution in [3.63, 3.8) is 0 Å². The minimum Gasteiger partial charge on any atom is -0.474 e. The van der Waals surface area contributed by atoms with Crippen molar-refractivity contribution in [1.82, 2.24) is 10.3 Å². The Morgan fingerprint density at radius 2 is 1.95 bits per heavy atom. The van der Waals surface area contributed by atoms with Crippen LogP contribution in [-0.4, -0.2) is 17.1 Å². The summed E-state index contributed by atoms with van der Waals surface area (Å²) in [6, 6.07) is 4.65. The van der Waals surface area contributed by atoms with Crippen LogP contribution in [0.4, 0.5) is 0 Å². The van der Waals surface area contributed by atoms with Crippen LogP contribution in [0, 0.1) is 12.3 Å². The summed E-state index contributed by atoms with van der Waals surface area (Å²) in [6.45, 7) is 11.9. The van der Waals surface area contributed by atoms with Crippen molar-refractivity contribution < 1.29 is 4.74 Å². The molecule has 3 nitrogen and oxygen atoms in total. The summed E-state index contributed by atoms with van der Waals surface area (Å²) in [5, 5.41) is 3.43. The summed E-state index contributed by atoms with van der Waals surface area (Å²) in [4.78, 5) is 4.62. The predicted octanol–water partition coefficient (Wildman–Crippen LogP) is 4.24. The zero-order chi connectivity index (χ0) is 15.5. The summed E-state index contributed by atoms with van der Waals surface area (Å²) in [5.74, 6) is 0.783. The van der Waals surface area contributed by atoms with Gasteiger partial charge in [-0.3, -0.25) is 0 Å². The van der Waals surface area contributed by atoms with Crippen molar-refractivity contribution in [1.29, 1.82) is 0 Å². The largest absolute Gasteiger partial charge is 0.474 e. The van der Waals surface area contributed by atoms with Crippen LogP contribution in [0.5, 0.6) is 5.88 Å². The molecule has 1 aliphatic rings. The lowest BCUT2D eigenvalue weighted by atomic mass is 9.76. The zero-order valence-electron chi connectivity index (χ0n) is 14.2. The molecule has 0 spiro atoms. The van der Waals surface area contributed by atoms with Gasteiger partial charge in [-0.05, 0) is 43.6 Å². The second-order valence-corrected chi connectivity index (χ2v) is 7.41. The summed E-state index contributed by atoms with van der Waals surface area (Å²) in [7, 11) is 0. The van der Waals surface area contributed by atoms with E-state index in [1.165, 1.54) is 18.4 Å². The quantitative estimate of drug-likeness (QED) is 0.881. The first-order chi connectivity index (χ1) is 9.85. The molecule has 21 heavy (non-hydrogen) atoms. The lowest BCUT2D eigenvalue weighted by Gasteiger charge is -2.34. The fourth-order valence-electron chi connectivity index (χ4n) is 2.79. The Morgan fingerprint density at radius 3 is 2.52 bits per heavy atom. The Hall–Kier alpha value is -1.09. The Kier molecular flexibility index (Phi) is 5.26. The highest BCUT2D eigenvalue weighted by Crippen LogP contribution is 2.36. The Bertz CT molecular complexity index is 458. The molecule has 1 saturated carbocycles. The summed E-state index contributed by atoms with van der Waals surface area (Å²) >= 11 is 0. The molecule has 1 aromatic heterocycles. The van der Waals surface area contributed by atoms with Gasteiger partial charge in [0.05, 0.1) is 0 Å². The average molecular weight is 290 g/mol. The van der Waals surface area contributed by atoms with Gasteiger partial charge in [0.25, 0.3) is 0 Å². The first kappa shape index (κ1) is 16.3. The topological polar surface area (TPSA) is 34.1 Å². The number of hydrogen-bond donors (Lipinski definition) is 1. The van der Waals surface area contributed by atoms with E-state index in [4.69, 9.17) is 4.74 Å². The maximum Gasteiger partial charge on any atom is 0.213 e. The van der Waals surface area contributed by atoms with Gasteiger partial charge in [0.1, 0.15) is 6.10 Å². The van der Waals surface area contributed by atoms with E-state index in [2.05, 4.69) is 51.0 Å². The number of aryl methyl sites for hydroxylation is 1. The van der Waals surface area contributed by atoms with Crippen LogP contribution in [-0.2, 0) is 6.54 Å². The standard InChI is InChI=1S/C18H30N2O/c1-13(2)19-12-15-6-7-17(20-14(15)3)21-16-8-10-18(4,5)11-9-16/h6-7,13,16,19H,8-12H2,1-5H3. The molecule has 0 unspecified atom stereocenters. The van der Waals surface area contributed by atoms with E-state index in [9.17, 15) is 0 Å². The Morgan fingerprint density at radius 1 is 1.29 bits per heavy atom. The number of nitrogens with zero attached hydrogens (tertiary/aromatic N) is 1. The molecule has 0 aliphatic heterocycles. The highest BCUT2D eigenvalue weighted by molar-refractivity contribution is 5.25. The lowest BCUT2D eigenvalue weighted by molar-refractivity contribution is 0.0947. The minimum absolute atomic E-state index is 0.338. The number of rotatable bonds is 5. The third-order valence-electron chi connectivity index (χ3n) is 4.44. The van der Waals surface area contributed by atoms with Crippen molar-refractivity contribution in [2.45, 2.75) is 79.0 Å². The van der Waals surface area contributed by atoms with Crippen LogP contribution < -0.4 is 10.1 Å². The molecule has 3 heteroatoms. The fourth-order valence-corrected chi connectivity index (χ4v) is 2.79. The highest BCUT2D eigenvalue weighted by atomic mass is 16.5. The van der Waals surface area contributed by atoms with Gasteiger partial charge in [0, 0.05) is 24.3 Å². The van der Waals surface area contributed by atoms with Gasteiger partial charge in [-0.15, -0.1) is 0 Å². The van der Waals surface area contributed by atoms with E-state index in [-0.39, 0.29) is 0 Å². The van der Waals surface area contributed by atoms with Crippen molar-refractivity contribution >= 4 is 0 Å². The van der Waals surface area contributed by atoms with Gasteiger partial charge in [-0.25, -0.2) is 4.98 Å². The van der Waals surface area contributed by atoms with Crippen LogP contribution in [0.15, 0.2) is 12.1 Å². The van der Waals surface area contributed by atoms with Gasteiger partial charge in [0.15, 0.2) is 0 Å². The molecule has 0 aromatic carbocycles. The van der Waals surface area contributed by atoms with Gasteiger partial charge in [0.2, 0.25) is 5.88 Å². The van der Waals surface area contributed by atoms with Crippen LogP contribution in [0.25, 0.3) is 0 Å². The molecular formula is C18H30N2O. The third kappa shape index (κ3) is 4.99. The molecule has 1 N–H and O–H groups in total. The molecule has 0 amide bonds. The number of ether oxygens (including phenoxy) is 1. The number of hydrogen-bond acceptors (Lipinski definition) is 3. The van der Waals surface area contributed by atoms with Crippen molar-refractivity contribution in [3.05, 3.63) is 23.4 Å². The molecule has 0 saturated heterocycles. The predicted molar refractivity (Wildman–Crippen MR) is 87.6 cm³/mol. The van der Waals surface area contributed by atoms with Gasteiger partial charge < -0.3 is 10.1 Å². The normalized spacial score (nSPS) is 19.0. The van der Waals surface area contributed by atoms with E-state index in [1.54, 1.807) is 0 Å². The molecule has 1 aromatic rings. The van der Waals surface area contributed by atoms with E-state index >= 15 is 0 Å². The highest BCUT2D eigenvalue weighted by Gasteiger charge is 2.28. The van der Waals surface area contributed by atoms with Gasteiger partial charge >= 0.3 is 0 Å². The molecular weight excluding hydrogens is 260 g/mol. The van der Waals surface area contributed by atoms with E-state index in [0.29, 0.717) is 17.6 Å². The smallest absolute Gasteiger partial charge is 0.213 e. The Balaban J connectivity index is 1.91. The molecule has 118 valence electrons. The Labute approximate surface area is 129 Å². The number of pyridine rings is 1. The average Bonchev–Trinajstić information content (AvgIpc) is 2.40. The number of nitrogens with one attached hydrogen (secondary N) is 1. The summed E-state index contributed by atoms with van der Waals surface area (Å²) < 4.78 is 6.08. The first-order valence-corrected chi connectivity index (χ1v) is 8.22. The molecule has 2 rings (SSSR count). The summed E-state index contributed by atoms with van der Waals surface area (Å²) in [5.41, 5.74) is 2.80. The maximum absolute atomic E-state index is 6.08. The van der Waals surface area contributed by atoms with E-state index in [1.807, 2.05) is 6.07 Å². The minimum atomic E-state index is 0.338. The molecule has 1 fully saturated rings. The molecule has 0 radical (unpaired) electrons. The SMILES string of the molecule is Cc1nc(OC2CCC(C)(C)CC2)ccc1CNC(C)C. The van der Waals surface area contributed by atoms with Crippen LogP contribution >= 0.6 is 0 Å². The van der Waals surface area contributed by atoms with E-state index in [0.717, 1.165) is 31.0 Å². The monoisotopic (exact) mass is 290 g/mol. The fraction of sp³-hybridized carbons (Fsp3) is 0.722. The van der Waals surface area contributed by atoms with Crippen LogP contribution in [0.3, 0.4) is 0 Å². The number of aromatic nitrogens is 1. The second-order valence-electron chi connectivity index (χ2n) is 7.41. The second kappa shape index (κ2) is 6.78. The molecule has 1 aliphatic carbocycles. The molecule has 0 bridgehead atoms. The first-order valence-electron chi connectivity index (χ1n) is 8.22. The molecule has 1 heterocycles. The van der Waals surface area contributed by atoms with Crippen molar-refractivity contribution in [2.24, 2.45) is 5.41 Å². The van der Waals surface area contributed by atoms with Crippen LogP contribution in [0.2, 0.25) is 0 Å².